The predicted octanol–water partition coefficient (Wildman–Crippen LogP) is 2.19. The number of H-pyrrole nitrogens is 1. The van der Waals surface area contributed by atoms with Gasteiger partial charge in [0.2, 0.25) is 0 Å². The number of aromatic hydroxyl groups is 1. The Hall–Kier alpha value is -2.37. The number of nitrogens with zero attached hydrogens (tertiary/aromatic N) is 3. The lowest BCUT2D eigenvalue weighted by atomic mass is 9.99. The van der Waals surface area contributed by atoms with Crippen molar-refractivity contribution in [3.8, 4) is 5.75 Å². The molecular formula is C15H18N4O2. The summed E-state index contributed by atoms with van der Waals surface area (Å²) in [6, 6.07) is 4.98. The lowest BCUT2D eigenvalue weighted by molar-refractivity contribution is 0.0597. The molecule has 1 unspecified atom stereocenters. The maximum atomic E-state index is 12.8. The summed E-state index contributed by atoms with van der Waals surface area (Å²) in [5, 5.41) is 16.7. The first kappa shape index (κ1) is 13.6. The minimum absolute atomic E-state index is 0.0208. The molecule has 1 aromatic carbocycles. The van der Waals surface area contributed by atoms with Gasteiger partial charge in [0.05, 0.1) is 11.6 Å². The lowest BCUT2D eigenvalue weighted by Gasteiger charge is -2.34. The van der Waals surface area contributed by atoms with Crippen molar-refractivity contribution in [3.63, 3.8) is 0 Å². The summed E-state index contributed by atoms with van der Waals surface area (Å²) in [6.45, 7) is 2.57. The third kappa shape index (κ3) is 2.61. The van der Waals surface area contributed by atoms with E-state index in [2.05, 4.69) is 15.2 Å². The number of phenols is 1. The van der Waals surface area contributed by atoms with Gasteiger partial charge in [0, 0.05) is 6.54 Å². The van der Waals surface area contributed by atoms with Crippen LogP contribution in [-0.4, -0.2) is 37.6 Å². The van der Waals surface area contributed by atoms with Crippen LogP contribution in [0.4, 0.5) is 0 Å². The number of carbonyl (C=O) groups is 1. The van der Waals surface area contributed by atoms with Crippen LogP contribution in [0.15, 0.2) is 24.5 Å². The Balaban J connectivity index is 1.93. The van der Waals surface area contributed by atoms with E-state index in [0.29, 0.717) is 17.9 Å². The van der Waals surface area contributed by atoms with Gasteiger partial charge in [-0.1, -0.05) is 11.6 Å². The van der Waals surface area contributed by atoms with Crippen molar-refractivity contribution < 1.29 is 9.90 Å². The molecule has 0 bridgehead atoms. The SMILES string of the molecule is Cc1ccc(O)c(C(=O)N2CCCCC2c2ncn[nH]2)c1. The van der Waals surface area contributed by atoms with E-state index < -0.39 is 0 Å². The van der Waals surface area contributed by atoms with E-state index in [-0.39, 0.29) is 17.7 Å². The fraction of sp³-hybridized carbons (Fsp3) is 0.400. The Bertz CT molecular complexity index is 639. The Morgan fingerprint density at radius 2 is 2.29 bits per heavy atom. The number of piperidine rings is 1. The van der Waals surface area contributed by atoms with Crippen molar-refractivity contribution in [2.24, 2.45) is 0 Å². The third-order valence-electron chi connectivity index (χ3n) is 3.90. The standard InChI is InChI=1S/C15H18N4O2/c1-10-5-6-13(20)11(8-10)15(21)19-7-3-2-4-12(19)14-16-9-17-18-14/h5-6,8-9,12,20H,2-4,7H2,1H3,(H,16,17,18). The lowest BCUT2D eigenvalue weighted by Crippen LogP contribution is -2.39. The number of rotatable bonds is 2. The first-order valence-electron chi connectivity index (χ1n) is 7.12. The first-order chi connectivity index (χ1) is 10.2. The fourth-order valence-electron chi connectivity index (χ4n) is 2.81. The summed E-state index contributed by atoms with van der Waals surface area (Å²) in [5.74, 6) is 0.569. The van der Waals surface area contributed by atoms with Crippen molar-refractivity contribution in [2.75, 3.05) is 6.54 Å². The molecule has 0 aliphatic carbocycles. The number of aromatic nitrogens is 3. The molecule has 2 aromatic rings. The summed E-state index contributed by atoms with van der Waals surface area (Å²) >= 11 is 0. The topological polar surface area (TPSA) is 82.1 Å². The maximum absolute atomic E-state index is 12.8. The number of aromatic amines is 1. The molecule has 21 heavy (non-hydrogen) atoms. The van der Waals surface area contributed by atoms with Gasteiger partial charge in [-0.25, -0.2) is 4.98 Å². The van der Waals surface area contributed by atoms with Gasteiger partial charge in [-0.05, 0) is 38.3 Å². The van der Waals surface area contributed by atoms with Crippen LogP contribution in [0.5, 0.6) is 5.75 Å². The zero-order valence-corrected chi connectivity index (χ0v) is 11.9. The number of hydrogen-bond donors (Lipinski definition) is 2. The molecule has 1 fully saturated rings. The second kappa shape index (κ2) is 5.55. The second-order valence-corrected chi connectivity index (χ2v) is 5.40. The van der Waals surface area contributed by atoms with Crippen molar-refractivity contribution in [1.82, 2.24) is 20.1 Å². The van der Waals surface area contributed by atoms with E-state index in [0.717, 1.165) is 24.8 Å². The van der Waals surface area contributed by atoms with E-state index in [1.807, 2.05) is 6.92 Å². The zero-order chi connectivity index (χ0) is 14.8. The molecule has 3 rings (SSSR count). The summed E-state index contributed by atoms with van der Waals surface area (Å²) in [7, 11) is 0. The fourth-order valence-corrected chi connectivity index (χ4v) is 2.81. The Morgan fingerprint density at radius 3 is 3.05 bits per heavy atom. The van der Waals surface area contributed by atoms with E-state index in [4.69, 9.17) is 0 Å². The summed E-state index contributed by atoms with van der Waals surface area (Å²) in [6.07, 6.45) is 4.32. The highest BCUT2D eigenvalue weighted by atomic mass is 16.3. The highest BCUT2D eigenvalue weighted by molar-refractivity contribution is 5.97. The smallest absolute Gasteiger partial charge is 0.258 e. The summed E-state index contributed by atoms with van der Waals surface area (Å²) in [4.78, 5) is 18.7. The van der Waals surface area contributed by atoms with Gasteiger partial charge in [0.1, 0.15) is 17.9 Å². The van der Waals surface area contributed by atoms with Crippen molar-refractivity contribution >= 4 is 5.91 Å². The third-order valence-corrected chi connectivity index (χ3v) is 3.90. The Morgan fingerprint density at radius 1 is 1.43 bits per heavy atom. The van der Waals surface area contributed by atoms with Gasteiger partial charge in [0.25, 0.3) is 5.91 Å². The van der Waals surface area contributed by atoms with Gasteiger partial charge in [-0.15, -0.1) is 0 Å². The number of amides is 1. The second-order valence-electron chi connectivity index (χ2n) is 5.40. The minimum Gasteiger partial charge on any atom is -0.507 e. The van der Waals surface area contributed by atoms with Crippen LogP contribution in [0.2, 0.25) is 0 Å². The van der Waals surface area contributed by atoms with Gasteiger partial charge < -0.3 is 10.0 Å². The normalized spacial score (nSPS) is 18.7. The monoisotopic (exact) mass is 286 g/mol. The number of hydrogen-bond acceptors (Lipinski definition) is 4. The molecule has 2 heterocycles. The molecule has 1 aliphatic heterocycles. The molecule has 1 atom stereocenters. The predicted molar refractivity (Wildman–Crippen MR) is 76.9 cm³/mol. The quantitative estimate of drug-likeness (QED) is 0.886. The molecule has 6 nitrogen and oxygen atoms in total. The largest absolute Gasteiger partial charge is 0.507 e. The average molecular weight is 286 g/mol. The number of phenolic OH excluding ortho intramolecular Hbond substituents is 1. The molecule has 1 amide bonds. The average Bonchev–Trinajstić information content (AvgIpc) is 3.03. The molecule has 0 spiro atoms. The summed E-state index contributed by atoms with van der Waals surface area (Å²) in [5.41, 5.74) is 1.30. The van der Waals surface area contributed by atoms with Gasteiger partial charge in [0.15, 0.2) is 0 Å². The zero-order valence-electron chi connectivity index (χ0n) is 11.9. The summed E-state index contributed by atoms with van der Waals surface area (Å²) < 4.78 is 0. The van der Waals surface area contributed by atoms with E-state index in [9.17, 15) is 9.90 Å². The van der Waals surface area contributed by atoms with Crippen LogP contribution in [0.3, 0.4) is 0 Å². The molecule has 1 aliphatic rings. The number of nitrogens with one attached hydrogen (secondary N) is 1. The van der Waals surface area contributed by atoms with Crippen LogP contribution in [0, 0.1) is 6.92 Å². The van der Waals surface area contributed by atoms with Crippen LogP contribution in [-0.2, 0) is 0 Å². The van der Waals surface area contributed by atoms with Gasteiger partial charge >= 0.3 is 0 Å². The number of carbonyl (C=O) groups excluding carboxylic acids is 1. The van der Waals surface area contributed by atoms with Crippen molar-refractivity contribution in [3.05, 3.63) is 41.5 Å². The first-order valence-corrected chi connectivity index (χ1v) is 7.12. The van der Waals surface area contributed by atoms with Crippen LogP contribution >= 0.6 is 0 Å². The molecule has 0 radical (unpaired) electrons. The molecular weight excluding hydrogens is 268 g/mol. The van der Waals surface area contributed by atoms with Gasteiger partial charge in [-0.2, -0.15) is 5.10 Å². The molecule has 6 heteroatoms. The number of likely N-dealkylation sites (tertiary alicyclic amines) is 1. The molecule has 110 valence electrons. The van der Waals surface area contributed by atoms with E-state index in [1.165, 1.54) is 6.33 Å². The van der Waals surface area contributed by atoms with Crippen molar-refractivity contribution in [1.29, 1.82) is 0 Å². The number of aryl methyl sites for hydroxylation is 1. The van der Waals surface area contributed by atoms with E-state index in [1.54, 1.807) is 23.1 Å². The highest BCUT2D eigenvalue weighted by Crippen LogP contribution is 2.31. The van der Waals surface area contributed by atoms with E-state index >= 15 is 0 Å². The van der Waals surface area contributed by atoms with Crippen LogP contribution < -0.4 is 0 Å². The molecule has 1 aromatic heterocycles. The highest BCUT2D eigenvalue weighted by Gasteiger charge is 2.31. The Kier molecular flexibility index (Phi) is 3.60. The molecule has 1 saturated heterocycles. The van der Waals surface area contributed by atoms with Crippen LogP contribution in [0.1, 0.15) is 47.1 Å². The van der Waals surface area contributed by atoms with Crippen LogP contribution in [0.25, 0.3) is 0 Å². The maximum Gasteiger partial charge on any atom is 0.258 e. The number of benzene rings is 1. The van der Waals surface area contributed by atoms with Gasteiger partial charge in [-0.3, -0.25) is 9.89 Å². The Labute approximate surface area is 122 Å². The minimum atomic E-state index is -0.155. The van der Waals surface area contributed by atoms with Crippen molar-refractivity contribution in [2.45, 2.75) is 32.2 Å². The molecule has 2 N–H and O–H groups in total. The molecule has 0 saturated carbocycles.